The zero-order valence-electron chi connectivity index (χ0n) is 8.33. The number of piperidine rings is 1. The van der Waals surface area contributed by atoms with E-state index in [0.29, 0.717) is 5.92 Å². The molecule has 2 fully saturated rings. The average molecular weight is 182 g/mol. The molecule has 0 aromatic heterocycles. The highest BCUT2D eigenvalue weighted by Gasteiger charge is 2.27. The van der Waals surface area contributed by atoms with Gasteiger partial charge >= 0.3 is 6.03 Å². The smallest absolute Gasteiger partial charge is 0.320 e. The standard InChI is InChI=1S/C10H18N2O/c1-9-4-2-5-12(8-9)10(13)11-6-3-7-11/h9H,2-8H2,1H3. The van der Waals surface area contributed by atoms with Crippen LogP contribution in [0.1, 0.15) is 26.2 Å². The molecule has 1 unspecified atom stereocenters. The number of carbonyl (C=O) groups is 1. The normalized spacial score (nSPS) is 28.5. The van der Waals surface area contributed by atoms with Gasteiger partial charge < -0.3 is 9.80 Å². The first kappa shape index (κ1) is 8.85. The second-order valence-corrected chi connectivity index (χ2v) is 4.32. The van der Waals surface area contributed by atoms with Gasteiger partial charge in [-0.05, 0) is 25.2 Å². The van der Waals surface area contributed by atoms with Gasteiger partial charge in [0.2, 0.25) is 0 Å². The first-order valence-electron chi connectivity index (χ1n) is 5.31. The molecule has 3 heteroatoms. The Kier molecular flexibility index (Phi) is 2.42. The minimum atomic E-state index is 0.276. The molecular formula is C10H18N2O. The summed E-state index contributed by atoms with van der Waals surface area (Å²) < 4.78 is 0. The maximum atomic E-state index is 11.8. The number of hydrogen-bond donors (Lipinski definition) is 0. The summed E-state index contributed by atoms with van der Waals surface area (Å²) in [5, 5.41) is 0. The molecule has 0 radical (unpaired) electrons. The van der Waals surface area contributed by atoms with Gasteiger partial charge in [0.05, 0.1) is 0 Å². The first-order valence-corrected chi connectivity index (χ1v) is 5.31. The van der Waals surface area contributed by atoms with Crippen LogP contribution in [0.15, 0.2) is 0 Å². The van der Waals surface area contributed by atoms with Crippen LogP contribution >= 0.6 is 0 Å². The van der Waals surface area contributed by atoms with E-state index in [-0.39, 0.29) is 6.03 Å². The van der Waals surface area contributed by atoms with Crippen molar-refractivity contribution in [3.63, 3.8) is 0 Å². The maximum absolute atomic E-state index is 11.8. The molecule has 2 saturated heterocycles. The van der Waals surface area contributed by atoms with Crippen molar-refractivity contribution >= 4 is 6.03 Å². The summed E-state index contributed by atoms with van der Waals surface area (Å²) in [6, 6.07) is 0.276. The molecule has 2 aliphatic rings. The van der Waals surface area contributed by atoms with Gasteiger partial charge in [0.15, 0.2) is 0 Å². The minimum absolute atomic E-state index is 0.276. The van der Waals surface area contributed by atoms with Crippen LogP contribution in [0.2, 0.25) is 0 Å². The van der Waals surface area contributed by atoms with Crippen molar-refractivity contribution < 1.29 is 4.79 Å². The summed E-state index contributed by atoms with van der Waals surface area (Å²) >= 11 is 0. The number of urea groups is 1. The Hall–Kier alpha value is -0.730. The van der Waals surface area contributed by atoms with Gasteiger partial charge in [0.1, 0.15) is 0 Å². The third-order valence-electron chi connectivity index (χ3n) is 3.05. The number of hydrogen-bond acceptors (Lipinski definition) is 1. The Bertz CT molecular complexity index is 201. The molecule has 0 N–H and O–H groups in total. The molecule has 0 bridgehead atoms. The molecule has 0 aromatic carbocycles. The van der Waals surface area contributed by atoms with Crippen LogP contribution in [0.3, 0.4) is 0 Å². The average Bonchev–Trinajstić information content (AvgIpc) is 2.01. The monoisotopic (exact) mass is 182 g/mol. The van der Waals surface area contributed by atoms with Crippen molar-refractivity contribution in [1.82, 2.24) is 9.80 Å². The van der Waals surface area contributed by atoms with Crippen molar-refractivity contribution in [3.8, 4) is 0 Å². The fourth-order valence-electron chi connectivity index (χ4n) is 2.07. The van der Waals surface area contributed by atoms with Crippen LogP contribution in [-0.4, -0.2) is 42.0 Å². The summed E-state index contributed by atoms with van der Waals surface area (Å²) in [5.74, 6) is 0.693. The lowest BCUT2D eigenvalue weighted by molar-refractivity contribution is 0.109. The van der Waals surface area contributed by atoms with Crippen LogP contribution in [-0.2, 0) is 0 Å². The second-order valence-electron chi connectivity index (χ2n) is 4.32. The van der Waals surface area contributed by atoms with Gasteiger partial charge in [-0.2, -0.15) is 0 Å². The van der Waals surface area contributed by atoms with E-state index in [2.05, 4.69) is 6.92 Å². The van der Waals surface area contributed by atoms with Crippen LogP contribution < -0.4 is 0 Å². The van der Waals surface area contributed by atoms with Crippen LogP contribution in [0.25, 0.3) is 0 Å². The van der Waals surface area contributed by atoms with Crippen molar-refractivity contribution in [2.24, 2.45) is 5.92 Å². The van der Waals surface area contributed by atoms with Crippen LogP contribution in [0, 0.1) is 5.92 Å². The fraction of sp³-hybridized carbons (Fsp3) is 0.900. The molecule has 3 nitrogen and oxygen atoms in total. The van der Waals surface area contributed by atoms with E-state index in [9.17, 15) is 4.79 Å². The summed E-state index contributed by atoms with van der Waals surface area (Å²) in [5.41, 5.74) is 0. The topological polar surface area (TPSA) is 23.6 Å². The lowest BCUT2D eigenvalue weighted by Crippen LogP contribution is -2.52. The van der Waals surface area contributed by atoms with Gasteiger partial charge in [0.25, 0.3) is 0 Å². The molecule has 74 valence electrons. The predicted molar refractivity (Wildman–Crippen MR) is 51.6 cm³/mol. The van der Waals surface area contributed by atoms with Gasteiger partial charge in [0, 0.05) is 26.2 Å². The van der Waals surface area contributed by atoms with E-state index >= 15 is 0 Å². The van der Waals surface area contributed by atoms with Gasteiger partial charge in [-0.3, -0.25) is 0 Å². The molecule has 1 atom stereocenters. The molecule has 0 aliphatic carbocycles. The quantitative estimate of drug-likeness (QED) is 0.557. The number of likely N-dealkylation sites (tertiary alicyclic amines) is 2. The van der Waals surface area contributed by atoms with Crippen molar-refractivity contribution in [2.75, 3.05) is 26.2 Å². The lowest BCUT2D eigenvalue weighted by Gasteiger charge is -2.39. The summed E-state index contributed by atoms with van der Waals surface area (Å²) in [4.78, 5) is 15.8. The molecule has 2 heterocycles. The third kappa shape index (κ3) is 1.79. The highest BCUT2D eigenvalue weighted by atomic mass is 16.2. The molecule has 0 spiro atoms. The lowest BCUT2D eigenvalue weighted by atomic mass is 10.0. The van der Waals surface area contributed by atoms with Crippen molar-refractivity contribution in [3.05, 3.63) is 0 Å². The molecule has 2 rings (SSSR count). The Morgan fingerprint density at radius 3 is 2.38 bits per heavy atom. The van der Waals surface area contributed by atoms with E-state index in [1.807, 2.05) is 9.80 Å². The van der Waals surface area contributed by atoms with Crippen molar-refractivity contribution in [1.29, 1.82) is 0 Å². The first-order chi connectivity index (χ1) is 6.27. The zero-order valence-corrected chi connectivity index (χ0v) is 8.33. The van der Waals surface area contributed by atoms with E-state index in [0.717, 1.165) is 26.2 Å². The number of nitrogens with zero attached hydrogens (tertiary/aromatic N) is 2. The van der Waals surface area contributed by atoms with Gasteiger partial charge in [-0.25, -0.2) is 4.79 Å². The summed E-state index contributed by atoms with van der Waals surface area (Å²) in [6.07, 6.45) is 3.65. The Labute approximate surface area is 79.7 Å². The largest absolute Gasteiger partial charge is 0.325 e. The van der Waals surface area contributed by atoms with E-state index in [1.165, 1.54) is 19.3 Å². The number of carbonyl (C=O) groups excluding carboxylic acids is 1. The van der Waals surface area contributed by atoms with E-state index < -0.39 is 0 Å². The maximum Gasteiger partial charge on any atom is 0.320 e. The number of rotatable bonds is 0. The highest BCUT2D eigenvalue weighted by molar-refractivity contribution is 5.75. The molecule has 2 amide bonds. The molecule has 2 aliphatic heterocycles. The summed E-state index contributed by atoms with van der Waals surface area (Å²) in [6.45, 7) is 6.12. The Balaban J connectivity index is 1.87. The fourth-order valence-corrected chi connectivity index (χ4v) is 2.07. The van der Waals surface area contributed by atoms with E-state index in [4.69, 9.17) is 0 Å². The minimum Gasteiger partial charge on any atom is -0.325 e. The summed E-state index contributed by atoms with van der Waals surface area (Å²) in [7, 11) is 0. The zero-order chi connectivity index (χ0) is 9.26. The van der Waals surface area contributed by atoms with Crippen molar-refractivity contribution in [2.45, 2.75) is 26.2 Å². The highest BCUT2D eigenvalue weighted by Crippen LogP contribution is 2.18. The van der Waals surface area contributed by atoms with Crippen LogP contribution in [0.5, 0.6) is 0 Å². The second kappa shape index (κ2) is 3.56. The molecular weight excluding hydrogens is 164 g/mol. The Morgan fingerprint density at radius 2 is 1.85 bits per heavy atom. The van der Waals surface area contributed by atoms with E-state index in [1.54, 1.807) is 0 Å². The molecule has 0 aromatic rings. The molecule has 13 heavy (non-hydrogen) atoms. The SMILES string of the molecule is CC1CCCN(C(=O)N2CCC2)C1. The molecule has 0 saturated carbocycles. The van der Waals surface area contributed by atoms with Gasteiger partial charge in [-0.15, -0.1) is 0 Å². The van der Waals surface area contributed by atoms with Gasteiger partial charge in [-0.1, -0.05) is 6.92 Å². The third-order valence-corrected chi connectivity index (χ3v) is 3.05. The number of amides is 2. The Morgan fingerprint density at radius 1 is 1.15 bits per heavy atom. The predicted octanol–water partition coefficient (Wildman–Crippen LogP) is 1.54. The van der Waals surface area contributed by atoms with Crippen LogP contribution in [0.4, 0.5) is 4.79 Å².